The Kier molecular flexibility index (Phi) is 5.19. The van der Waals surface area contributed by atoms with Crippen molar-refractivity contribution in [3.63, 3.8) is 0 Å². The van der Waals surface area contributed by atoms with E-state index in [0.717, 1.165) is 22.5 Å². The molecule has 0 fully saturated rings. The van der Waals surface area contributed by atoms with Crippen LogP contribution >= 0.6 is 11.8 Å². The highest BCUT2D eigenvalue weighted by Gasteiger charge is 2.25. The number of carbonyl (C=O) groups is 1. The Morgan fingerprint density at radius 2 is 1.92 bits per heavy atom. The Morgan fingerprint density at radius 1 is 1.16 bits per heavy atom. The molecule has 128 valence electrons. The van der Waals surface area contributed by atoms with Crippen LogP contribution in [-0.4, -0.2) is 25.8 Å². The van der Waals surface area contributed by atoms with Crippen LogP contribution in [0.5, 0.6) is 0 Å². The molecule has 0 saturated carbocycles. The lowest BCUT2D eigenvalue weighted by Crippen LogP contribution is -2.09. The zero-order chi connectivity index (χ0) is 17.8. The summed E-state index contributed by atoms with van der Waals surface area (Å²) in [5.41, 5.74) is 2.86. The molecule has 0 aliphatic carbocycles. The van der Waals surface area contributed by atoms with Crippen molar-refractivity contribution in [2.45, 2.75) is 30.8 Å². The first-order valence-corrected chi connectivity index (χ1v) is 8.92. The van der Waals surface area contributed by atoms with Crippen LogP contribution in [0.3, 0.4) is 0 Å². The Balaban J connectivity index is 1.96. The fourth-order valence-electron chi connectivity index (χ4n) is 2.65. The minimum absolute atomic E-state index is 0.607. The number of aryl methyl sites for hydroxylation is 1. The van der Waals surface area contributed by atoms with Gasteiger partial charge in [0.25, 0.3) is 0 Å². The van der Waals surface area contributed by atoms with E-state index in [1.807, 2.05) is 66.9 Å². The molecule has 0 saturated heterocycles. The van der Waals surface area contributed by atoms with Gasteiger partial charge in [-0.15, -0.1) is 10.2 Å². The molecular weight excluding hydrogens is 334 g/mol. The molecule has 0 aliphatic rings. The number of thioether (sulfide) groups is 1. The minimum Gasteiger partial charge on any atom is -0.480 e. The third-order valence-corrected chi connectivity index (χ3v) is 5.08. The molecule has 0 aliphatic heterocycles. The number of carboxylic acids is 1. The summed E-state index contributed by atoms with van der Waals surface area (Å²) in [6.45, 7) is 4.70. The van der Waals surface area contributed by atoms with E-state index >= 15 is 0 Å². The first-order chi connectivity index (χ1) is 12.1. The normalized spacial score (nSPS) is 12.1. The highest BCUT2D eigenvalue weighted by atomic mass is 32.2. The van der Waals surface area contributed by atoms with Gasteiger partial charge in [0, 0.05) is 12.1 Å². The zero-order valence-electron chi connectivity index (χ0n) is 14.1. The summed E-state index contributed by atoms with van der Waals surface area (Å²) in [4.78, 5) is 11.7. The van der Waals surface area contributed by atoms with Crippen LogP contribution in [0.1, 0.15) is 23.3 Å². The van der Waals surface area contributed by atoms with Gasteiger partial charge >= 0.3 is 5.97 Å². The third-order valence-electron chi connectivity index (χ3n) is 3.86. The molecule has 25 heavy (non-hydrogen) atoms. The monoisotopic (exact) mass is 353 g/mol. The van der Waals surface area contributed by atoms with E-state index in [0.29, 0.717) is 11.7 Å². The standard InChI is InChI=1S/C19H19N3O2S/c1-3-22-17(15-11-7-8-13(2)12-15)20-21-19(22)25-16(18(23)24)14-9-5-4-6-10-14/h4-12,16H,3H2,1-2H3,(H,23,24). The fraction of sp³-hybridized carbons (Fsp3) is 0.211. The summed E-state index contributed by atoms with van der Waals surface area (Å²) in [6.07, 6.45) is 0. The Bertz CT molecular complexity index is 877. The molecule has 0 spiro atoms. The van der Waals surface area contributed by atoms with Crippen LogP contribution < -0.4 is 0 Å². The largest absolute Gasteiger partial charge is 0.480 e. The second-order valence-corrected chi connectivity index (χ2v) is 6.74. The van der Waals surface area contributed by atoms with Crippen LogP contribution in [0.15, 0.2) is 59.8 Å². The molecule has 5 nitrogen and oxygen atoms in total. The molecule has 1 heterocycles. The third kappa shape index (κ3) is 3.74. The zero-order valence-corrected chi connectivity index (χ0v) is 14.9. The van der Waals surface area contributed by atoms with Crippen LogP contribution in [0.2, 0.25) is 0 Å². The van der Waals surface area contributed by atoms with Crippen molar-refractivity contribution in [3.05, 3.63) is 65.7 Å². The predicted molar refractivity (Wildman–Crippen MR) is 98.5 cm³/mol. The minimum atomic E-state index is -0.890. The van der Waals surface area contributed by atoms with Crippen molar-refractivity contribution in [3.8, 4) is 11.4 Å². The number of aliphatic carboxylic acids is 1. The number of carboxylic acid groups (broad SMARTS) is 1. The van der Waals surface area contributed by atoms with Crippen LogP contribution in [0, 0.1) is 6.92 Å². The molecule has 1 N–H and O–H groups in total. The van der Waals surface area contributed by atoms with Gasteiger partial charge in [-0.05, 0) is 25.5 Å². The van der Waals surface area contributed by atoms with E-state index in [1.165, 1.54) is 11.8 Å². The Labute approximate surface area is 150 Å². The van der Waals surface area contributed by atoms with Gasteiger partial charge in [-0.1, -0.05) is 65.9 Å². The summed E-state index contributed by atoms with van der Waals surface area (Å²) in [6, 6.07) is 17.2. The van der Waals surface area contributed by atoms with E-state index < -0.39 is 11.2 Å². The predicted octanol–water partition coefficient (Wildman–Crippen LogP) is 4.19. The van der Waals surface area contributed by atoms with Gasteiger partial charge in [-0.3, -0.25) is 4.79 Å². The number of hydrogen-bond acceptors (Lipinski definition) is 4. The first-order valence-electron chi connectivity index (χ1n) is 8.04. The molecule has 3 rings (SSSR count). The number of rotatable bonds is 6. The van der Waals surface area contributed by atoms with Crippen molar-refractivity contribution >= 4 is 17.7 Å². The molecule has 1 aromatic heterocycles. The van der Waals surface area contributed by atoms with Crippen molar-refractivity contribution in [2.24, 2.45) is 0 Å². The SMILES string of the molecule is CCn1c(SC(C(=O)O)c2ccccc2)nnc1-c1cccc(C)c1. The van der Waals surface area contributed by atoms with Crippen molar-refractivity contribution in [1.82, 2.24) is 14.8 Å². The summed E-state index contributed by atoms with van der Waals surface area (Å²) in [5.74, 6) is -0.134. The van der Waals surface area contributed by atoms with Crippen molar-refractivity contribution in [2.75, 3.05) is 0 Å². The van der Waals surface area contributed by atoms with Crippen molar-refractivity contribution < 1.29 is 9.90 Å². The maximum Gasteiger partial charge on any atom is 0.321 e. The number of aromatic nitrogens is 3. The summed E-state index contributed by atoms with van der Waals surface area (Å²) in [5, 5.41) is 18.1. The molecule has 0 radical (unpaired) electrons. The first kappa shape index (κ1) is 17.2. The summed E-state index contributed by atoms with van der Waals surface area (Å²) in [7, 11) is 0. The highest BCUT2D eigenvalue weighted by molar-refractivity contribution is 8.00. The maximum atomic E-state index is 11.7. The maximum absolute atomic E-state index is 11.7. The fourth-order valence-corrected chi connectivity index (χ4v) is 3.69. The van der Waals surface area contributed by atoms with Gasteiger partial charge in [0.15, 0.2) is 11.0 Å². The average molecular weight is 353 g/mol. The molecule has 1 unspecified atom stereocenters. The number of nitrogens with zero attached hydrogens (tertiary/aromatic N) is 3. The molecule has 0 amide bonds. The van der Waals surface area contributed by atoms with E-state index in [4.69, 9.17) is 0 Å². The van der Waals surface area contributed by atoms with Crippen LogP contribution in [-0.2, 0) is 11.3 Å². The lowest BCUT2D eigenvalue weighted by Gasteiger charge is -2.13. The average Bonchev–Trinajstić information content (AvgIpc) is 3.03. The molecular formula is C19H19N3O2S. The quantitative estimate of drug-likeness (QED) is 0.673. The van der Waals surface area contributed by atoms with E-state index in [1.54, 1.807) is 0 Å². The summed E-state index contributed by atoms with van der Waals surface area (Å²) >= 11 is 1.21. The molecule has 0 bridgehead atoms. The smallest absolute Gasteiger partial charge is 0.321 e. The number of hydrogen-bond donors (Lipinski definition) is 1. The van der Waals surface area contributed by atoms with Gasteiger partial charge in [-0.2, -0.15) is 0 Å². The number of benzene rings is 2. The van der Waals surface area contributed by atoms with E-state index in [-0.39, 0.29) is 0 Å². The van der Waals surface area contributed by atoms with E-state index in [2.05, 4.69) is 16.3 Å². The summed E-state index contributed by atoms with van der Waals surface area (Å²) < 4.78 is 1.96. The lowest BCUT2D eigenvalue weighted by molar-refractivity contribution is -0.136. The van der Waals surface area contributed by atoms with E-state index in [9.17, 15) is 9.90 Å². The Hall–Kier alpha value is -2.60. The van der Waals surface area contributed by atoms with Crippen LogP contribution in [0.25, 0.3) is 11.4 Å². The van der Waals surface area contributed by atoms with Crippen LogP contribution in [0.4, 0.5) is 0 Å². The molecule has 3 aromatic rings. The topological polar surface area (TPSA) is 68.0 Å². The highest BCUT2D eigenvalue weighted by Crippen LogP contribution is 2.36. The van der Waals surface area contributed by atoms with Gasteiger partial charge in [0.2, 0.25) is 0 Å². The lowest BCUT2D eigenvalue weighted by atomic mass is 10.1. The van der Waals surface area contributed by atoms with Crippen molar-refractivity contribution in [1.29, 1.82) is 0 Å². The van der Waals surface area contributed by atoms with Gasteiger partial charge in [0.1, 0.15) is 5.25 Å². The van der Waals surface area contributed by atoms with Gasteiger partial charge < -0.3 is 9.67 Å². The second-order valence-electron chi connectivity index (χ2n) is 5.67. The van der Waals surface area contributed by atoms with Gasteiger partial charge in [0.05, 0.1) is 0 Å². The Morgan fingerprint density at radius 3 is 2.56 bits per heavy atom. The van der Waals surface area contributed by atoms with Gasteiger partial charge in [-0.25, -0.2) is 0 Å². The molecule has 1 atom stereocenters. The molecule has 2 aromatic carbocycles. The second kappa shape index (κ2) is 7.53. The molecule has 6 heteroatoms.